The fourth-order valence-electron chi connectivity index (χ4n) is 6.22. The largest absolute Gasteiger partial charge is 0.481 e. The van der Waals surface area contributed by atoms with Crippen molar-refractivity contribution in [2.24, 2.45) is 0 Å². The molecular weight excluding hydrogens is 718 g/mol. The average molecular weight is 758 g/mol. The predicted octanol–water partition coefficient (Wildman–Crippen LogP) is 8.11. The molecule has 11 heteroatoms. The third-order valence-electron chi connectivity index (χ3n) is 8.69. The first-order chi connectivity index (χ1) is 20.0. The third-order valence-corrected chi connectivity index (χ3v) is 8.69. The van der Waals surface area contributed by atoms with Crippen LogP contribution in [-0.4, -0.2) is 66.0 Å². The van der Waals surface area contributed by atoms with Gasteiger partial charge < -0.3 is 20.2 Å². The first-order valence-corrected chi connectivity index (χ1v) is 14.6. The topological polar surface area (TPSA) is 132 Å². The standard InChI is InChI=1S/C34H38N4O4.2ClH.Sn/c1-7-21-17(3)25-13-26-19(5)23(9-11-33(39)40)31(37-26)16-32-24(10-12-34(41)42)20(6)28(38-32)15-30-22(8-2)18(4)27(36-30)14-29(21)35-25;;;/h13-16,36,38H,7-12H2,1-6H3,(H,39,40)(H,41,42);2*1H;. The van der Waals surface area contributed by atoms with Crippen molar-refractivity contribution in [2.75, 3.05) is 0 Å². The van der Waals surface area contributed by atoms with Gasteiger partial charge in [-0.05, 0) is 122 Å². The number of nitrogens with zero attached hydrogens (tertiary/aromatic N) is 2. The molecule has 5 rings (SSSR count). The number of carboxylic acid groups (broad SMARTS) is 2. The molecule has 8 nitrogen and oxygen atoms in total. The molecule has 0 saturated carbocycles. The summed E-state index contributed by atoms with van der Waals surface area (Å²) in [5.41, 5.74) is 15.4. The minimum absolute atomic E-state index is 0. The third kappa shape index (κ3) is 7.50. The van der Waals surface area contributed by atoms with Crippen LogP contribution >= 0.6 is 24.8 Å². The molecule has 0 aromatic carbocycles. The zero-order chi connectivity index (χ0) is 30.3. The molecule has 0 unspecified atom stereocenters. The molecule has 0 fully saturated rings. The summed E-state index contributed by atoms with van der Waals surface area (Å²) in [4.78, 5) is 40.3. The van der Waals surface area contributed by atoms with Gasteiger partial charge in [-0.2, -0.15) is 0 Å². The monoisotopic (exact) mass is 758 g/mol. The van der Waals surface area contributed by atoms with Crippen LogP contribution in [0.1, 0.15) is 98.4 Å². The molecule has 238 valence electrons. The predicted molar refractivity (Wildman–Crippen MR) is 188 cm³/mol. The van der Waals surface area contributed by atoms with Crippen LogP contribution in [0.25, 0.3) is 44.4 Å². The number of nitrogens with one attached hydrogen (secondary N) is 2. The number of aromatic amines is 2. The molecule has 45 heavy (non-hydrogen) atoms. The van der Waals surface area contributed by atoms with Crippen molar-refractivity contribution in [1.82, 2.24) is 19.9 Å². The van der Waals surface area contributed by atoms with Gasteiger partial charge in [0.15, 0.2) is 0 Å². The van der Waals surface area contributed by atoms with E-state index in [1.165, 1.54) is 16.7 Å². The molecule has 2 aliphatic heterocycles. The Kier molecular flexibility index (Phi) is 13.1. The van der Waals surface area contributed by atoms with E-state index in [1.807, 2.05) is 26.0 Å². The van der Waals surface area contributed by atoms with E-state index < -0.39 is 11.9 Å². The molecule has 0 spiro atoms. The summed E-state index contributed by atoms with van der Waals surface area (Å²) in [6, 6.07) is 8.19. The quantitative estimate of drug-likeness (QED) is 0.172. The van der Waals surface area contributed by atoms with E-state index in [1.54, 1.807) is 0 Å². The Balaban J connectivity index is 0.00000235. The summed E-state index contributed by atoms with van der Waals surface area (Å²) in [6.45, 7) is 12.5. The van der Waals surface area contributed by atoms with Crippen LogP contribution in [-0.2, 0) is 22.4 Å². The number of aryl methyl sites for hydroxylation is 4. The number of aromatic nitrogens is 4. The molecule has 0 atom stereocenters. The molecule has 4 radical (unpaired) electrons. The summed E-state index contributed by atoms with van der Waals surface area (Å²) >= 11 is 0. The maximum Gasteiger partial charge on any atom is 0.303 e. The Morgan fingerprint density at radius 3 is 1.64 bits per heavy atom. The smallest absolute Gasteiger partial charge is 0.303 e. The summed E-state index contributed by atoms with van der Waals surface area (Å²) in [5, 5.41) is 18.9. The Labute approximate surface area is 292 Å². The Bertz CT molecular complexity index is 1870. The fraction of sp³-hybridized carbons (Fsp3) is 0.353. The Morgan fingerprint density at radius 1 is 0.622 bits per heavy atom. The molecule has 8 bridgehead atoms. The van der Waals surface area contributed by atoms with Crippen molar-refractivity contribution < 1.29 is 19.8 Å². The van der Waals surface area contributed by atoms with Crippen molar-refractivity contribution in [2.45, 2.75) is 80.1 Å². The van der Waals surface area contributed by atoms with Crippen molar-refractivity contribution in [1.29, 1.82) is 0 Å². The molecule has 3 aromatic rings. The molecule has 4 N–H and O–H groups in total. The van der Waals surface area contributed by atoms with E-state index in [9.17, 15) is 19.8 Å². The molecule has 0 saturated heterocycles. The molecule has 0 amide bonds. The number of carbonyl (C=O) groups is 2. The van der Waals surface area contributed by atoms with Gasteiger partial charge >= 0.3 is 11.9 Å². The van der Waals surface area contributed by atoms with Crippen LogP contribution in [0.3, 0.4) is 0 Å². The SMILES string of the molecule is CCC1=C(C)c2cc3nc(cc4[nH]c(cc5[nH]c(cc1n2)c(C)c5CC)c(C)c4CCC(=O)O)C(CCC(=O)O)=C3C.Cl.Cl.[Sn]. The molecule has 2 aliphatic rings. The van der Waals surface area contributed by atoms with Gasteiger partial charge in [0.1, 0.15) is 0 Å². The maximum absolute atomic E-state index is 11.5. The van der Waals surface area contributed by atoms with E-state index in [2.05, 4.69) is 49.8 Å². The van der Waals surface area contributed by atoms with Crippen molar-refractivity contribution in [3.05, 3.63) is 69.3 Å². The van der Waals surface area contributed by atoms with Crippen molar-refractivity contribution >= 4 is 105 Å². The number of halogens is 2. The molecule has 5 heterocycles. The van der Waals surface area contributed by atoms with Gasteiger partial charge in [0.25, 0.3) is 0 Å². The minimum atomic E-state index is -0.867. The van der Waals surface area contributed by atoms with Gasteiger partial charge in [-0.3, -0.25) is 9.59 Å². The summed E-state index contributed by atoms with van der Waals surface area (Å²) in [5.74, 6) is -1.72. The second kappa shape index (κ2) is 15.5. The molecular formula is C34H40Cl2N4O4Sn. The number of allylic oxidation sites excluding steroid dienone is 4. The fourth-order valence-corrected chi connectivity index (χ4v) is 6.22. The summed E-state index contributed by atoms with van der Waals surface area (Å²) in [6.07, 6.45) is 2.39. The van der Waals surface area contributed by atoms with Gasteiger partial charge in [0.2, 0.25) is 0 Å². The second-order valence-electron chi connectivity index (χ2n) is 11.2. The van der Waals surface area contributed by atoms with E-state index in [4.69, 9.17) is 9.97 Å². The van der Waals surface area contributed by atoms with Crippen LogP contribution in [0.5, 0.6) is 0 Å². The number of rotatable bonds is 8. The first kappa shape index (κ1) is 38.1. The van der Waals surface area contributed by atoms with Gasteiger partial charge in [-0.15, -0.1) is 24.8 Å². The molecule has 3 aromatic heterocycles. The second-order valence-corrected chi connectivity index (χ2v) is 11.2. The number of H-pyrrole nitrogens is 2. The van der Waals surface area contributed by atoms with Gasteiger partial charge in [-0.1, -0.05) is 13.8 Å². The van der Waals surface area contributed by atoms with Crippen LogP contribution < -0.4 is 0 Å². The van der Waals surface area contributed by atoms with Crippen LogP contribution in [0.2, 0.25) is 0 Å². The van der Waals surface area contributed by atoms with Gasteiger partial charge in [0.05, 0.1) is 22.8 Å². The summed E-state index contributed by atoms with van der Waals surface area (Å²) < 4.78 is 0. The normalized spacial score (nSPS) is 12.4. The van der Waals surface area contributed by atoms with E-state index in [0.717, 1.165) is 79.8 Å². The van der Waals surface area contributed by atoms with Crippen LogP contribution in [0.4, 0.5) is 0 Å². The average Bonchev–Trinajstić information content (AvgIpc) is 3.59. The number of aliphatic carboxylic acids is 2. The van der Waals surface area contributed by atoms with Gasteiger partial charge in [-0.25, -0.2) is 9.97 Å². The van der Waals surface area contributed by atoms with Crippen molar-refractivity contribution in [3.63, 3.8) is 0 Å². The van der Waals surface area contributed by atoms with Crippen molar-refractivity contribution in [3.8, 4) is 0 Å². The van der Waals surface area contributed by atoms with E-state index >= 15 is 0 Å². The number of hydrogen-bond donors (Lipinski definition) is 4. The van der Waals surface area contributed by atoms with Crippen LogP contribution in [0, 0.1) is 13.8 Å². The zero-order valence-corrected chi connectivity index (χ0v) is 31.0. The van der Waals surface area contributed by atoms with E-state index in [0.29, 0.717) is 18.5 Å². The zero-order valence-electron chi connectivity index (χ0n) is 26.5. The number of fused-ring (bicyclic) bond motifs is 8. The Morgan fingerprint density at radius 2 is 1.09 bits per heavy atom. The number of carboxylic acids is 2. The van der Waals surface area contributed by atoms with Gasteiger partial charge in [0, 0.05) is 58.8 Å². The van der Waals surface area contributed by atoms with Crippen LogP contribution in [0.15, 0.2) is 24.3 Å². The van der Waals surface area contributed by atoms with E-state index in [-0.39, 0.29) is 61.6 Å². The summed E-state index contributed by atoms with van der Waals surface area (Å²) in [7, 11) is 0. The molecule has 0 aliphatic carbocycles. The maximum atomic E-state index is 11.5. The Hall–Kier alpha value is -3.08. The first-order valence-electron chi connectivity index (χ1n) is 14.6. The number of hydrogen-bond acceptors (Lipinski definition) is 4. The minimum Gasteiger partial charge on any atom is -0.481 e.